The van der Waals surface area contributed by atoms with Crippen molar-refractivity contribution < 1.29 is 0 Å². The molecule has 0 saturated carbocycles. The van der Waals surface area contributed by atoms with E-state index in [2.05, 4.69) is 33.0 Å². The largest absolute Gasteiger partial charge is 0.336 e. The SMILES string of the molecule is CCn1nc(C)cc1CNCCn1ccnc1. The molecule has 2 aromatic rings. The van der Waals surface area contributed by atoms with E-state index in [1.807, 2.05) is 24.1 Å². The van der Waals surface area contributed by atoms with Gasteiger partial charge in [-0.15, -0.1) is 0 Å². The molecule has 0 radical (unpaired) electrons. The summed E-state index contributed by atoms with van der Waals surface area (Å²) in [7, 11) is 0. The average Bonchev–Trinajstić information content (AvgIpc) is 2.93. The molecule has 1 N–H and O–H groups in total. The number of rotatable bonds is 6. The third kappa shape index (κ3) is 3.17. The lowest BCUT2D eigenvalue weighted by atomic mass is 10.3. The first kappa shape index (κ1) is 11.9. The van der Waals surface area contributed by atoms with E-state index in [1.165, 1.54) is 5.69 Å². The van der Waals surface area contributed by atoms with Gasteiger partial charge in [-0.2, -0.15) is 5.10 Å². The number of aryl methyl sites for hydroxylation is 2. The van der Waals surface area contributed by atoms with Crippen LogP contribution in [0, 0.1) is 6.92 Å². The van der Waals surface area contributed by atoms with Crippen molar-refractivity contribution in [3.05, 3.63) is 36.2 Å². The third-order valence-electron chi connectivity index (χ3n) is 2.70. The molecule has 0 aliphatic heterocycles. The number of hydrogen-bond donors (Lipinski definition) is 1. The third-order valence-corrected chi connectivity index (χ3v) is 2.70. The predicted molar refractivity (Wildman–Crippen MR) is 66.6 cm³/mol. The summed E-state index contributed by atoms with van der Waals surface area (Å²) in [6, 6.07) is 2.13. The zero-order chi connectivity index (χ0) is 12.1. The molecule has 5 heteroatoms. The number of imidazole rings is 1. The Hall–Kier alpha value is -1.62. The van der Waals surface area contributed by atoms with E-state index in [-0.39, 0.29) is 0 Å². The van der Waals surface area contributed by atoms with Crippen LogP contribution < -0.4 is 5.32 Å². The van der Waals surface area contributed by atoms with E-state index in [1.54, 1.807) is 6.20 Å². The highest BCUT2D eigenvalue weighted by molar-refractivity contribution is 5.08. The van der Waals surface area contributed by atoms with Crippen LogP contribution in [0.15, 0.2) is 24.8 Å². The van der Waals surface area contributed by atoms with Gasteiger partial charge in [-0.25, -0.2) is 4.98 Å². The Morgan fingerprint density at radius 1 is 1.41 bits per heavy atom. The lowest BCUT2D eigenvalue weighted by Gasteiger charge is -2.07. The summed E-state index contributed by atoms with van der Waals surface area (Å²) in [6.45, 7) is 7.81. The topological polar surface area (TPSA) is 47.7 Å². The van der Waals surface area contributed by atoms with E-state index in [0.717, 1.165) is 31.9 Å². The Labute approximate surface area is 101 Å². The van der Waals surface area contributed by atoms with Crippen molar-refractivity contribution in [1.82, 2.24) is 24.6 Å². The number of nitrogens with one attached hydrogen (secondary N) is 1. The van der Waals surface area contributed by atoms with Gasteiger partial charge in [-0.05, 0) is 19.9 Å². The van der Waals surface area contributed by atoms with E-state index < -0.39 is 0 Å². The van der Waals surface area contributed by atoms with Gasteiger partial charge in [-0.1, -0.05) is 0 Å². The molecule has 2 aromatic heterocycles. The molecule has 5 nitrogen and oxygen atoms in total. The Kier molecular flexibility index (Phi) is 3.93. The number of nitrogens with zero attached hydrogens (tertiary/aromatic N) is 4. The highest BCUT2D eigenvalue weighted by Gasteiger charge is 2.02. The first-order chi connectivity index (χ1) is 8.29. The van der Waals surface area contributed by atoms with E-state index in [4.69, 9.17) is 0 Å². The molecule has 0 unspecified atom stereocenters. The normalized spacial score (nSPS) is 10.9. The van der Waals surface area contributed by atoms with Crippen LogP contribution >= 0.6 is 0 Å². The van der Waals surface area contributed by atoms with Crippen LogP contribution in [0.25, 0.3) is 0 Å². The summed E-state index contributed by atoms with van der Waals surface area (Å²) in [4.78, 5) is 4.01. The maximum atomic E-state index is 4.42. The van der Waals surface area contributed by atoms with Crippen LogP contribution in [0.1, 0.15) is 18.3 Å². The Bertz CT molecular complexity index is 443. The van der Waals surface area contributed by atoms with Gasteiger partial charge in [0.25, 0.3) is 0 Å². The van der Waals surface area contributed by atoms with Crippen molar-refractivity contribution in [2.75, 3.05) is 6.54 Å². The zero-order valence-electron chi connectivity index (χ0n) is 10.4. The molecule has 2 heterocycles. The monoisotopic (exact) mass is 233 g/mol. The van der Waals surface area contributed by atoms with Crippen molar-refractivity contribution >= 4 is 0 Å². The molecule has 17 heavy (non-hydrogen) atoms. The summed E-state index contributed by atoms with van der Waals surface area (Å²) in [5, 5.41) is 7.84. The van der Waals surface area contributed by atoms with E-state index in [0.29, 0.717) is 0 Å². The summed E-state index contributed by atoms with van der Waals surface area (Å²) < 4.78 is 4.11. The molecule has 0 amide bonds. The minimum Gasteiger partial charge on any atom is -0.336 e. The molecular formula is C12H19N5. The maximum Gasteiger partial charge on any atom is 0.0946 e. The van der Waals surface area contributed by atoms with Crippen LogP contribution in [0.5, 0.6) is 0 Å². The summed E-state index contributed by atoms with van der Waals surface area (Å²) >= 11 is 0. The summed E-state index contributed by atoms with van der Waals surface area (Å²) in [5.74, 6) is 0. The first-order valence-electron chi connectivity index (χ1n) is 5.99. The van der Waals surface area contributed by atoms with Gasteiger partial charge in [0.1, 0.15) is 0 Å². The molecular weight excluding hydrogens is 214 g/mol. The summed E-state index contributed by atoms with van der Waals surface area (Å²) in [5.41, 5.74) is 2.33. The van der Waals surface area contributed by atoms with Crippen LogP contribution in [0.3, 0.4) is 0 Å². The zero-order valence-corrected chi connectivity index (χ0v) is 10.4. The lowest BCUT2D eigenvalue weighted by Crippen LogP contribution is -2.20. The van der Waals surface area contributed by atoms with Crippen molar-refractivity contribution in [3.63, 3.8) is 0 Å². The van der Waals surface area contributed by atoms with Gasteiger partial charge in [0.05, 0.1) is 17.7 Å². The maximum absolute atomic E-state index is 4.42. The molecule has 0 fully saturated rings. The highest BCUT2D eigenvalue weighted by atomic mass is 15.3. The molecule has 0 spiro atoms. The van der Waals surface area contributed by atoms with E-state index >= 15 is 0 Å². The van der Waals surface area contributed by atoms with Crippen LogP contribution in [0.4, 0.5) is 0 Å². The van der Waals surface area contributed by atoms with Gasteiger partial charge >= 0.3 is 0 Å². The smallest absolute Gasteiger partial charge is 0.0946 e. The minimum atomic E-state index is 0.864. The van der Waals surface area contributed by atoms with Gasteiger partial charge in [0.2, 0.25) is 0 Å². The van der Waals surface area contributed by atoms with Crippen molar-refractivity contribution in [2.24, 2.45) is 0 Å². The van der Waals surface area contributed by atoms with Gasteiger partial charge in [0.15, 0.2) is 0 Å². The van der Waals surface area contributed by atoms with Crippen molar-refractivity contribution in [1.29, 1.82) is 0 Å². The van der Waals surface area contributed by atoms with Crippen LogP contribution in [-0.4, -0.2) is 25.9 Å². The minimum absolute atomic E-state index is 0.864. The summed E-state index contributed by atoms with van der Waals surface area (Å²) in [6.07, 6.45) is 5.61. The van der Waals surface area contributed by atoms with Crippen molar-refractivity contribution in [3.8, 4) is 0 Å². The van der Waals surface area contributed by atoms with E-state index in [9.17, 15) is 0 Å². The fraction of sp³-hybridized carbons (Fsp3) is 0.500. The molecule has 0 saturated heterocycles. The molecule has 2 rings (SSSR count). The molecule has 92 valence electrons. The molecule has 0 aliphatic carbocycles. The predicted octanol–water partition coefficient (Wildman–Crippen LogP) is 1.20. The van der Waals surface area contributed by atoms with Crippen LogP contribution in [-0.2, 0) is 19.6 Å². The van der Waals surface area contributed by atoms with Crippen LogP contribution in [0.2, 0.25) is 0 Å². The fourth-order valence-electron chi connectivity index (χ4n) is 1.86. The number of hydrogen-bond acceptors (Lipinski definition) is 3. The second-order valence-electron chi connectivity index (χ2n) is 4.07. The highest BCUT2D eigenvalue weighted by Crippen LogP contribution is 2.02. The van der Waals surface area contributed by atoms with Gasteiger partial charge in [0, 0.05) is 38.6 Å². The Balaban J connectivity index is 1.77. The lowest BCUT2D eigenvalue weighted by molar-refractivity contribution is 0.553. The number of aromatic nitrogens is 4. The Morgan fingerprint density at radius 2 is 2.29 bits per heavy atom. The average molecular weight is 233 g/mol. The standard InChI is InChI=1S/C12H19N5/c1-3-17-12(8-11(2)15-17)9-13-4-6-16-7-5-14-10-16/h5,7-8,10,13H,3-4,6,9H2,1-2H3. The second-order valence-corrected chi connectivity index (χ2v) is 4.07. The fourth-order valence-corrected chi connectivity index (χ4v) is 1.86. The van der Waals surface area contributed by atoms with Gasteiger partial charge in [-0.3, -0.25) is 4.68 Å². The Morgan fingerprint density at radius 3 is 3.00 bits per heavy atom. The van der Waals surface area contributed by atoms with Gasteiger partial charge < -0.3 is 9.88 Å². The molecule has 0 aromatic carbocycles. The quantitative estimate of drug-likeness (QED) is 0.763. The second kappa shape index (κ2) is 5.63. The van der Waals surface area contributed by atoms with Crippen molar-refractivity contribution in [2.45, 2.75) is 33.5 Å². The molecule has 0 bridgehead atoms. The molecule has 0 aliphatic rings. The first-order valence-corrected chi connectivity index (χ1v) is 5.99. The molecule has 0 atom stereocenters.